The lowest BCUT2D eigenvalue weighted by atomic mass is 10.1. The third kappa shape index (κ3) is 10.6. The lowest BCUT2D eigenvalue weighted by Gasteiger charge is -2.21. The molecule has 0 atom stereocenters. The van der Waals surface area contributed by atoms with Gasteiger partial charge in [-0.15, -0.1) is 0 Å². The average molecular weight is 258 g/mol. The van der Waals surface area contributed by atoms with Crippen LogP contribution in [0.5, 0.6) is 0 Å². The van der Waals surface area contributed by atoms with Crippen molar-refractivity contribution in [2.45, 2.75) is 71.6 Å². The first-order chi connectivity index (χ1) is 8.22. The van der Waals surface area contributed by atoms with Crippen LogP contribution in [-0.2, 0) is 0 Å². The zero-order valence-electron chi connectivity index (χ0n) is 11.7. The molecule has 0 bridgehead atoms. The summed E-state index contributed by atoms with van der Waals surface area (Å²) in [6.45, 7) is 6.47. The highest BCUT2D eigenvalue weighted by Gasteiger charge is 2.03. The van der Waals surface area contributed by atoms with E-state index >= 15 is 0 Å². The molecule has 3 heteroatoms. The summed E-state index contributed by atoms with van der Waals surface area (Å²) in [6, 6.07) is 0. The van der Waals surface area contributed by atoms with E-state index in [1.54, 1.807) is 0 Å². The zero-order valence-corrected chi connectivity index (χ0v) is 12.5. The summed E-state index contributed by atoms with van der Waals surface area (Å²) in [7, 11) is 0. The van der Waals surface area contributed by atoms with E-state index in [-0.39, 0.29) is 0 Å². The fourth-order valence-corrected chi connectivity index (χ4v) is 2.22. The number of nitrogens with zero attached hydrogens (tertiary/aromatic N) is 1. The number of hydrogen-bond acceptors (Lipinski definition) is 1. The Morgan fingerprint density at radius 3 is 1.82 bits per heavy atom. The molecule has 0 aliphatic rings. The minimum absolute atomic E-state index is 0.565. The highest BCUT2D eigenvalue weighted by molar-refractivity contribution is 7.80. The second-order valence-corrected chi connectivity index (χ2v) is 5.22. The van der Waals surface area contributed by atoms with Crippen molar-refractivity contribution in [2.75, 3.05) is 13.1 Å². The van der Waals surface area contributed by atoms with Crippen molar-refractivity contribution in [1.29, 1.82) is 0 Å². The van der Waals surface area contributed by atoms with Gasteiger partial charge in [0.1, 0.15) is 0 Å². The predicted molar refractivity (Wildman–Crippen MR) is 81.3 cm³/mol. The summed E-state index contributed by atoms with van der Waals surface area (Å²) < 4.78 is 0. The van der Waals surface area contributed by atoms with Gasteiger partial charge in [-0.1, -0.05) is 58.8 Å². The topological polar surface area (TPSA) is 29.3 Å². The second kappa shape index (κ2) is 12.2. The third-order valence-electron chi connectivity index (χ3n) is 3.09. The zero-order chi connectivity index (χ0) is 12.9. The molecule has 17 heavy (non-hydrogen) atoms. The number of nitrogens with two attached hydrogens (primary N) is 1. The summed E-state index contributed by atoms with van der Waals surface area (Å²) in [5, 5.41) is 0.565. The van der Waals surface area contributed by atoms with Crippen molar-refractivity contribution in [1.82, 2.24) is 4.90 Å². The maximum Gasteiger partial charge on any atom is 0.166 e. The number of unbranched alkanes of at least 4 members (excludes halogenated alkanes) is 7. The molecule has 0 heterocycles. The van der Waals surface area contributed by atoms with E-state index in [9.17, 15) is 0 Å². The molecule has 0 aliphatic carbocycles. The maximum absolute atomic E-state index is 5.68. The summed E-state index contributed by atoms with van der Waals surface area (Å²) in [6.07, 6.45) is 12.0. The van der Waals surface area contributed by atoms with E-state index in [2.05, 4.69) is 18.7 Å². The first-order valence-corrected chi connectivity index (χ1v) is 7.67. The van der Waals surface area contributed by atoms with Crippen LogP contribution in [-0.4, -0.2) is 23.1 Å². The van der Waals surface area contributed by atoms with Crippen molar-refractivity contribution in [3.8, 4) is 0 Å². The Bertz CT molecular complexity index is 183. The molecule has 0 radical (unpaired) electrons. The van der Waals surface area contributed by atoms with Gasteiger partial charge in [-0.2, -0.15) is 0 Å². The van der Waals surface area contributed by atoms with Gasteiger partial charge in [0.15, 0.2) is 5.11 Å². The summed E-state index contributed by atoms with van der Waals surface area (Å²) in [4.78, 5) is 2.13. The fraction of sp³-hybridized carbons (Fsp3) is 0.929. The molecule has 0 spiro atoms. The average Bonchev–Trinajstić information content (AvgIpc) is 2.31. The van der Waals surface area contributed by atoms with E-state index in [1.165, 1.54) is 51.4 Å². The van der Waals surface area contributed by atoms with Gasteiger partial charge in [-0.05, 0) is 25.1 Å². The molecule has 0 amide bonds. The quantitative estimate of drug-likeness (QED) is 0.447. The van der Waals surface area contributed by atoms with Crippen molar-refractivity contribution in [3.05, 3.63) is 0 Å². The van der Waals surface area contributed by atoms with E-state index < -0.39 is 0 Å². The highest BCUT2D eigenvalue weighted by Crippen LogP contribution is 2.09. The maximum atomic E-state index is 5.68. The molecule has 0 saturated heterocycles. The molecule has 102 valence electrons. The fourth-order valence-electron chi connectivity index (χ4n) is 2.04. The number of thiocarbonyl (C=S) groups is 1. The minimum atomic E-state index is 0.565. The molecule has 0 unspecified atom stereocenters. The first-order valence-electron chi connectivity index (χ1n) is 7.26. The Morgan fingerprint density at radius 1 is 0.824 bits per heavy atom. The first kappa shape index (κ1) is 16.7. The molecule has 2 nitrogen and oxygen atoms in total. The van der Waals surface area contributed by atoms with Crippen LogP contribution in [0, 0.1) is 0 Å². The van der Waals surface area contributed by atoms with Gasteiger partial charge in [0.2, 0.25) is 0 Å². The highest BCUT2D eigenvalue weighted by atomic mass is 32.1. The molecule has 0 rings (SSSR count). The van der Waals surface area contributed by atoms with Crippen molar-refractivity contribution >= 4 is 17.3 Å². The van der Waals surface area contributed by atoms with E-state index in [0.717, 1.165) is 19.5 Å². The van der Waals surface area contributed by atoms with Crippen LogP contribution in [0.25, 0.3) is 0 Å². The van der Waals surface area contributed by atoms with Crippen LogP contribution < -0.4 is 5.73 Å². The van der Waals surface area contributed by atoms with Gasteiger partial charge >= 0.3 is 0 Å². The molecule has 0 aromatic rings. The lowest BCUT2D eigenvalue weighted by molar-refractivity contribution is 0.401. The van der Waals surface area contributed by atoms with E-state index in [0.29, 0.717) is 5.11 Å². The summed E-state index contributed by atoms with van der Waals surface area (Å²) in [5.41, 5.74) is 5.68. The molecule has 0 aromatic carbocycles. The van der Waals surface area contributed by atoms with Crippen LogP contribution in [0.4, 0.5) is 0 Å². The Hall–Kier alpha value is -0.310. The Labute approximate surface area is 113 Å². The van der Waals surface area contributed by atoms with Gasteiger partial charge in [0.05, 0.1) is 0 Å². The van der Waals surface area contributed by atoms with Gasteiger partial charge in [-0.25, -0.2) is 0 Å². The van der Waals surface area contributed by atoms with Gasteiger partial charge in [0.25, 0.3) is 0 Å². The SMILES string of the molecule is CCCCCCCCCCN(CCC)C(N)=S. The van der Waals surface area contributed by atoms with Crippen molar-refractivity contribution in [3.63, 3.8) is 0 Å². The monoisotopic (exact) mass is 258 g/mol. The van der Waals surface area contributed by atoms with Gasteiger partial charge < -0.3 is 10.6 Å². The van der Waals surface area contributed by atoms with E-state index in [4.69, 9.17) is 18.0 Å². The van der Waals surface area contributed by atoms with Crippen LogP contribution in [0.2, 0.25) is 0 Å². The Balaban J connectivity index is 3.33. The molecule has 0 saturated carbocycles. The van der Waals surface area contributed by atoms with E-state index in [1.807, 2.05) is 0 Å². The van der Waals surface area contributed by atoms with Crippen LogP contribution >= 0.6 is 12.2 Å². The summed E-state index contributed by atoms with van der Waals surface area (Å²) >= 11 is 5.03. The number of rotatable bonds is 11. The lowest BCUT2D eigenvalue weighted by Crippen LogP contribution is -2.36. The predicted octanol–water partition coefficient (Wildman–Crippen LogP) is 4.08. The Morgan fingerprint density at radius 2 is 1.35 bits per heavy atom. The molecular weight excluding hydrogens is 228 g/mol. The van der Waals surface area contributed by atoms with Crippen LogP contribution in [0.15, 0.2) is 0 Å². The molecule has 0 aromatic heterocycles. The molecule has 0 fully saturated rings. The van der Waals surface area contributed by atoms with Gasteiger partial charge in [-0.3, -0.25) is 0 Å². The minimum Gasteiger partial charge on any atom is -0.376 e. The molecule has 2 N–H and O–H groups in total. The normalized spacial score (nSPS) is 10.5. The largest absolute Gasteiger partial charge is 0.376 e. The summed E-state index contributed by atoms with van der Waals surface area (Å²) in [5.74, 6) is 0. The smallest absolute Gasteiger partial charge is 0.166 e. The van der Waals surface area contributed by atoms with Crippen molar-refractivity contribution < 1.29 is 0 Å². The second-order valence-electron chi connectivity index (χ2n) is 4.80. The third-order valence-corrected chi connectivity index (χ3v) is 3.34. The molecule has 0 aliphatic heterocycles. The van der Waals surface area contributed by atoms with Gasteiger partial charge in [0, 0.05) is 13.1 Å². The van der Waals surface area contributed by atoms with Crippen LogP contribution in [0.3, 0.4) is 0 Å². The standard InChI is InChI=1S/C14H30N2S/c1-3-5-6-7-8-9-10-11-13-16(12-4-2)14(15)17/h3-13H2,1-2H3,(H2,15,17). The Kier molecular flexibility index (Phi) is 11.9. The molecular formula is C14H30N2S. The van der Waals surface area contributed by atoms with Crippen molar-refractivity contribution in [2.24, 2.45) is 5.73 Å². The van der Waals surface area contributed by atoms with Crippen LogP contribution in [0.1, 0.15) is 71.6 Å². The number of hydrogen-bond donors (Lipinski definition) is 1.